The molecule has 0 radical (unpaired) electrons. The zero-order valence-corrected chi connectivity index (χ0v) is 26.2. The van der Waals surface area contributed by atoms with E-state index in [9.17, 15) is 24.6 Å². The SMILES string of the molecule is Cc1cc(C(C(=O)Nc2c(C)cccc2C)N(C(=O)C(Cc2ccc(O)cc2)NC(=O)OC(C)(C)C)C(C)C)ccc1O. The number of alkyl carbamates (subject to hydrolysis) is 1. The highest BCUT2D eigenvalue weighted by Crippen LogP contribution is 2.31. The molecule has 0 aliphatic rings. The van der Waals surface area contributed by atoms with Crippen molar-refractivity contribution in [2.24, 2.45) is 0 Å². The lowest BCUT2D eigenvalue weighted by molar-refractivity contribution is -0.142. The highest BCUT2D eigenvalue weighted by molar-refractivity contribution is 6.00. The predicted molar refractivity (Wildman–Crippen MR) is 167 cm³/mol. The van der Waals surface area contributed by atoms with E-state index >= 15 is 0 Å². The fourth-order valence-corrected chi connectivity index (χ4v) is 4.87. The molecule has 2 atom stereocenters. The smallest absolute Gasteiger partial charge is 0.408 e. The maximum absolute atomic E-state index is 14.5. The maximum atomic E-state index is 14.5. The van der Waals surface area contributed by atoms with E-state index in [1.54, 1.807) is 65.8 Å². The Hall–Kier alpha value is -4.53. The lowest BCUT2D eigenvalue weighted by atomic mass is 9.97. The van der Waals surface area contributed by atoms with Crippen molar-refractivity contribution in [3.8, 4) is 11.5 Å². The number of aryl methyl sites for hydroxylation is 3. The Morgan fingerprint density at radius 2 is 1.49 bits per heavy atom. The number of phenols is 2. The predicted octanol–water partition coefficient (Wildman–Crippen LogP) is 6.08. The number of nitrogens with zero attached hydrogens (tertiary/aromatic N) is 1. The Morgan fingerprint density at radius 1 is 0.884 bits per heavy atom. The fraction of sp³-hybridized carbons (Fsp3) is 0.382. The van der Waals surface area contributed by atoms with E-state index in [0.29, 0.717) is 22.4 Å². The third-order valence-electron chi connectivity index (χ3n) is 6.97. The van der Waals surface area contributed by atoms with E-state index in [-0.39, 0.29) is 17.9 Å². The van der Waals surface area contributed by atoms with Crippen molar-refractivity contribution < 1.29 is 29.3 Å². The maximum Gasteiger partial charge on any atom is 0.408 e. The number of nitrogens with one attached hydrogen (secondary N) is 2. The molecule has 0 heterocycles. The molecule has 0 saturated carbocycles. The van der Waals surface area contributed by atoms with Crippen LogP contribution in [0.1, 0.15) is 68.5 Å². The number of hydrogen-bond acceptors (Lipinski definition) is 6. The number of carbonyl (C=O) groups is 3. The van der Waals surface area contributed by atoms with Gasteiger partial charge in [0.05, 0.1) is 0 Å². The fourth-order valence-electron chi connectivity index (χ4n) is 4.87. The van der Waals surface area contributed by atoms with Crippen molar-refractivity contribution in [3.63, 3.8) is 0 Å². The van der Waals surface area contributed by atoms with Gasteiger partial charge < -0.3 is 30.5 Å². The summed E-state index contributed by atoms with van der Waals surface area (Å²) in [6.07, 6.45) is -0.688. The van der Waals surface area contributed by atoms with Gasteiger partial charge in [-0.05, 0) is 107 Å². The molecule has 43 heavy (non-hydrogen) atoms. The lowest BCUT2D eigenvalue weighted by Gasteiger charge is -2.37. The summed E-state index contributed by atoms with van der Waals surface area (Å²) < 4.78 is 5.47. The van der Waals surface area contributed by atoms with Crippen molar-refractivity contribution in [1.29, 1.82) is 0 Å². The van der Waals surface area contributed by atoms with Gasteiger partial charge in [-0.3, -0.25) is 9.59 Å². The van der Waals surface area contributed by atoms with Crippen molar-refractivity contribution >= 4 is 23.6 Å². The van der Waals surface area contributed by atoms with E-state index in [0.717, 1.165) is 11.1 Å². The molecule has 9 nitrogen and oxygen atoms in total. The summed E-state index contributed by atoms with van der Waals surface area (Å²) >= 11 is 0. The standard InChI is InChI=1S/C34H43N3O6/c1-20(2)37(32(41)27(35-33(42)43-34(6,7)8)19-24-12-15-26(38)16-13-24)30(25-14-17-28(39)23(5)18-25)31(40)36-29-21(3)10-9-11-22(29)4/h9-18,20,27,30,38-39H,19H2,1-8H3,(H,35,42)(H,36,40). The third-order valence-corrected chi connectivity index (χ3v) is 6.97. The molecule has 0 fully saturated rings. The van der Waals surface area contributed by atoms with Crippen LogP contribution in [0, 0.1) is 20.8 Å². The van der Waals surface area contributed by atoms with Gasteiger partial charge >= 0.3 is 6.09 Å². The first-order chi connectivity index (χ1) is 20.1. The van der Waals surface area contributed by atoms with Crippen LogP contribution in [-0.4, -0.2) is 50.7 Å². The number of phenolic OH excluding ortho intramolecular Hbond substituents is 2. The Balaban J connectivity index is 2.11. The summed E-state index contributed by atoms with van der Waals surface area (Å²) in [5.74, 6) is -0.801. The normalized spacial score (nSPS) is 12.8. The van der Waals surface area contributed by atoms with E-state index in [1.807, 2.05) is 32.0 Å². The highest BCUT2D eigenvalue weighted by atomic mass is 16.6. The molecule has 0 bridgehead atoms. The zero-order chi connectivity index (χ0) is 32.1. The van der Waals surface area contributed by atoms with Gasteiger partial charge in [-0.25, -0.2) is 4.79 Å². The molecule has 0 aromatic heterocycles. The van der Waals surface area contributed by atoms with Crippen molar-refractivity contribution in [2.75, 3.05) is 5.32 Å². The number of carbonyl (C=O) groups excluding carboxylic acids is 3. The average molecular weight is 590 g/mol. The number of rotatable bonds is 9. The zero-order valence-electron chi connectivity index (χ0n) is 26.2. The minimum atomic E-state index is -1.10. The van der Waals surface area contributed by atoms with Crippen molar-refractivity contribution in [3.05, 3.63) is 88.5 Å². The summed E-state index contributed by atoms with van der Waals surface area (Å²) in [5, 5.41) is 25.8. The number of amides is 3. The first-order valence-electron chi connectivity index (χ1n) is 14.3. The minimum absolute atomic E-state index is 0.0666. The van der Waals surface area contributed by atoms with Crippen LogP contribution in [0.4, 0.5) is 10.5 Å². The van der Waals surface area contributed by atoms with E-state index in [4.69, 9.17) is 4.74 Å². The van der Waals surface area contributed by atoms with Gasteiger partial charge in [0.25, 0.3) is 5.91 Å². The van der Waals surface area contributed by atoms with Crippen LogP contribution in [0.2, 0.25) is 0 Å². The second-order valence-corrected chi connectivity index (χ2v) is 12.1. The Morgan fingerprint density at radius 3 is 2.02 bits per heavy atom. The van der Waals surface area contributed by atoms with Crippen LogP contribution in [0.5, 0.6) is 11.5 Å². The summed E-state index contributed by atoms with van der Waals surface area (Å²) in [6, 6.07) is 14.2. The van der Waals surface area contributed by atoms with Crippen LogP contribution in [0.3, 0.4) is 0 Å². The number of ether oxygens (including phenoxy) is 1. The van der Waals surface area contributed by atoms with Crippen LogP contribution >= 0.6 is 0 Å². The Bertz CT molecular complexity index is 1440. The second-order valence-electron chi connectivity index (χ2n) is 12.1. The number of benzene rings is 3. The number of para-hydroxylation sites is 1. The van der Waals surface area contributed by atoms with Gasteiger partial charge in [0.1, 0.15) is 29.2 Å². The minimum Gasteiger partial charge on any atom is -0.508 e. The average Bonchev–Trinajstić information content (AvgIpc) is 2.90. The molecule has 0 aliphatic carbocycles. The van der Waals surface area contributed by atoms with Gasteiger partial charge in [0.2, 0.25) is 5.91 Å². The molecule has 0 spiro atoms. The molecule has 3 aromatic rings. The van der Waals surface area contributed by atoms with Crippen LogP contribution < -0.4 is 10.6 Å². The van der Waals surface area contributed by atoms with E-state index in [2.05, 4.69) is 10.6 Å². The third kappa shape index (κ3) is 8.73. The molecule has 3 amide bonds. The number of anilines is 1. The van der Waals surface area contributed by atoms with E-state index in [1.165, 1.54) is 23.1 Å². The second kappa shape index (κ2) is 13.6. The number of aromatic hydroxyl groups is 2. The largest absolute Gasteiger partial charge is 0.508 e. The molecular formula is C34H43N3O6. The molecular weight excluding hydrogens is 546 g/mol. The number of hydrogen-bond donors (Lipinski definition) is 4. The molecule has 9 heteroatoms. The molecule has 0 aliphatic heterocycles. The van der Waals surface area contributed by atoms with Crippen LogP contribution in [-0.2, 0) is 20.7 Å². The summed E-state index contributed by atoms with van der Waals surface area (Å²) in [6.45, 7) is 14.3. The Labute approximate surface area is 253 Å². The lowest BCUT2D eigenvalue weighted by Crippen LogP contribution is -2.55. The molecule has 2 unspecified atom stereocenters. The molecule has 4 N–H and O–H groups in total. The van der Waals surface area contributed by atoms with Crippen LogP contribution in [0.15, 0.2) is 60.7 Å². The first kappa shape index (κ1) is 33.0. The highest BCUT2D eigenvalue weighted by Gasteiger charge is 2.38. The van der Waals surface area contributed by atoms with Crippen LogP contribution in [0.25, 0.3) is 0 Å². The van der Waals surface area contributed by atoms with Gasteiger partial charge in [-0.15, -0.1) is 0 Å². The van der Waals surface area contributed by atoms with Crippen molar-refractivity contribution in [1.82, 2.24) is 10.2 Å². The molecule has 230 valence electrons. The summed E-state index contributed by atoms with van der Waals surface area (Å²) in [7, 11) is 0. The van der Waals surface area contributed by atoms with Crippen molar-refractivity contribution in [2.45, 2.75) is 85.5 Å². The Kier molecular flexibility index (Phi) is 10.5. The van der Waals surface area contributed by atoms with E-state index < -0.39 is 41.6 Å². The van der Waals surface area contributed by atoms with Gasteiger partial charge in [-0.1, -0.05) is 36.4 Å². The summed E-state index contributed by atoms with van der Waals surface area (Å²) in [4.78, 5) is 43.1. The molecule has 3 aromatic carbocycles. The first-order valence-corrected chi connectivity index (χ1v) is 14.3. The van der Waals surface area contributed by atoms with Gasteiger partial charge in [0, 0.05) is 18.2 Å². The molecule has 3 rings (SSSR count). The quantitative estimate of drug-likeness (QED) is 0.240. The summed E-state index contributed by atoms with van der Waals surface area (Å²) in [5.41, 5.74) is 3.32. The molecule has 0 saturated heterocycles. The monoisotopic (exact) mass is 589 g/mol. The van der Waals surface area contributed by atoms with Gasteiger partial charge in [0.15, 0.2) is 0 Å². The van der Waals surface area contributed by atoms with Gasteiger partial charge in [-0.2, -0.15) is 0 Å². The topological polar surface area (TPSA) is 128 Å².